The Hall–Kier alpha value is 0.337. The molecular formula is C4H9ClO5SSi. The summed E-state index contributed by atoms with van der Waals surface area (Å²) in [6.07, 6.45) is 1.61. The first kappa shape index (κ1) is 10.4. The summed E-state index contributed by atoms with van der Waals surface area (Å²) in [5, 5.41) is 0. The van der Waals surface area contributed by atoms with Crippen LogP contribution in [0.3, 0.4) is 0 Å². The molecule has 5 nitrogen and oxygen atoms in total. The molecule has 1 fully saturated rings. The van der Waals surface area contributed by atoms with Crippen molar-refractivity contribution in [2.45, 2.75) is 18.9 Å². The average Bonchev–Trinajstić information content (AvgIpc) is 1.83. The predicted molar refractivity (Wildman–Crippen MR) is 44.2 cm³/mol. The molecule has 72 valence electrons. The molecule has 0 spiro atoms. The van der Waals surface area contributed by atoms with Crippen LogP contribution in [0.1, 0.15) is 12.8 Å². The van der Waals surface area contributed by atoms with E-state index in [1.54, 1.807) is 0 Å². The molecule has 1 heterocycles. The van der Waals surface area contributed by atoms with Crippen molar-refractivity contribution in [2.24, 2.45) is 0 Å². The zero-order valence-electron chi connectivity index (χ0n) is 6.19. The van der Waals surface area contributed by atoms with E-state index in [9.17, 15) is 8.42 Å². The maximum Gasteiger partial charge on any atom is 0.461 e. The molecule has 0 amide bonds. The zero-order valence-corrected chi connectivity index (χ0v) is 8.77. The van der Waals surface area contributed by atoms with Crippen LogP contribution in [0.25, 0.3) is 0 Å². The molecular weight excluding hydrogens is 224 g/mol. The number of rotatable bonds is 2. The van der Waals surface area contributed by atoms with Crippen molar-refractivity contribution < 1.29 is 21.3 Å². The van der Waals surface area contributed by atoms with Crippen LogP contribution in [0.5, 0.6) is 0 Å². The van der Waals surface area contributed by atoms with Crippen molar-refractivity contribution in [3.63, 3.8) is 0 Å². The second-order valence-corrected chi connectivity index (χ2v) is 7.83. The van der Waals surface area contributed by atoms with Crippen LogP contribution in [0.4, 0.5) is 0 Å². The number of hydrogen-bond acceptors (Lipinski definition) is 4. The smallest absolute Gasteiger partial charge is 0.382 e. The van der Waals surface area contributed by atoms with Crippen LogP contribution in [0.15, 0.2) is 0 Å². The quantitative estimate of drug-likeness (QED) is 0.433. The van der Waals surface area contributed by atoms with E-state index in [-0.39, 0.29) is 0 Å². The highest BCUT2D eigenvalue weighted by atomic mass is 35.6. The summed E-state index contributed by atoms with van der Waals surface area (Å²) < 4.78 is 38.2. The second-order valence-electron chi connectivity index (χ2n) is 2.48. The molecule has 12 heavy (non-hydrogen) atoms. The third kappa shape index (κ3) is 3.38. The van der Waals surface area contributed by atoms with Crippen molar-refractivity contribution in [1.29, 1.82) is 0 Å². The highest BCUT2D eigenvalue weighted by Gasteiger charge is 2.42. The maximum absolute atomic E-state index is 10.3. The van der Waals surface area contributed by atoms with Crippen LogP contribution in [0, 0.1) is 0 Å². The van der Waals surface area contributed by atoms with E-state index in [0.717, 1.165) is 12.8 Å². The topological polar surface area (TPSA) is 72.8 Å². The minimum absolute atomic E-state index is 0.383. The number of hydrogen-bond donors (Lipinski definition) is 1. The van der Waals surface area contributed by atoms with Gasteiger partial charge in [0, 0.05) is 12.7 Å². The predicted octanol–water partition coefficient (Wildman–Crippen LogP) is 0.794. The van der Waals surface area contributed by atoms with Gasteiger partial charge in [-0.3, -0.25) is 4.55 Å². The molecule has 0 aromatic rings. The van der Waals surface area contributed by atoms with Gasteiger partial charge < -0.3 is 4.43 Å². The third-order valence-electron chi connectivity index (χ3n) is 1.42. The summed E-state index contributed by atoms with van der Waals surface area (Å²) in [5.74, 6) is 0. The van der Waals surface area contributed by atoms with E-state index < -0.39 is 18.3 Å². The summed E-state index contributed by atoms with van der Waals surface area (Å²) >= 11 is 5.72. The van der Waals surface area contributed by atoms with Crippen LogP contribution in [-0.2, 0) is 18.7 Å². The Morgan fingerprint density at radius 3 is 2.58 bits per heavy atom. The van der Waals surface area contributed by atoms with E-state index >= 15 is 0 Å². The first-order valence-corrected chi connectivity index (χ1v) is 7.82. The molecule has 0 bridgehead atoms. The van der Waals surface area contributed by atoms with Gasteiger partial charge >= 0.3 is 18.3 Å². The summed E-state index contributed by atoms with van der Waals surface area (Å²) in [6.45, 7) is 0.394. The Balaban J connectivity index is 2.59. The third-order valence-corrected chi connectivity index (χ3v) is 6.30. The van der Waals surface area contributed by atoms with Gasteiger partial charge in [0.2, 0.25) is 0 Å². The van der Waals surface area contributed by atoms with Crippen LogP contribution < -0.4 is 0 Å². The molecule has 0 aliphatic carbocycles. The lowest BCUT2D eigenvalue weighted by molar-refractivity contribution is 0.220. The normalized spacial score (nSPS) is 31.8. The Morgan fingerprint density at radius 1 is 1.50 bits per heavy atom. The van der Waals surface area contributed by atoms with Gasteiger partial charge in [0.1, 0.15) is 0 Å². The van der Waals surface area contributed by atoms with Crippen LogP contribution in [0.2, 0.25) is 6.04 Å². The SMILES string of the molecule is O=S(=O)(O)O[Si]1(Cl)CCCCO1. The molecule has 1 unspecified atom stereocenters. The van der Waals surface area contributed by atoms with Crippen LogP contribution in [-0.4, -0.2) is 27.4 Å². The van der Waals surface area contributed by atoms with Gasteiger partial charge in [-0.25, -0.2) is 3.87 Å². The fourth-order valence-corrected chi connectivity index (χ4v) is 5.36. The zero-order chi connectivity index (χ0) is 9.24. The highest BCUT2D eigenvalue weighted by Crippen LogP contribution is 2.27. The van der Waals surface area contributed by atoms with Gasteiger partial charge in [0.25, 0.3) is 0 Å². The van der Waals surface area contributed by atoms with Gasteiger partial charge in [-0.05, 0) is 12.8 Å². The molecule has 1 aliphatic rings. The fraction of sp³-hybridized carbons (Fsp3) is 1.00. The Kier molecular flexibility index (Phi) is 3.13. The van der Waals surface area contributed by atoms with Crippen LogP contribution >= 0.6 is 11.1 Å². The fourth-order valence-electron chi connectivity index (χ4n) is 0.958. The van der Waals surface area contributed by atoms with Gasteiger partial charge in [-0.2, -0.15) is 8.42 Å². The van der Waals surface area contributed by atoms with Crippen molar-refractivity contribution in [2.75, 3.05) is 6.61 Å². The molecule has 0 saturated carbocycles. The Bertz CT molecular complexity index is 246. The van der Waals surface area contributed by atoms with Crippen molar-refractivity contribution in [3.05, 3.63) is 0 Å². The molecule has 1 N–H and O–H groups in total. The monoisotopic (exact) mass is 232 g/mol. The first-order valence-electron chi connectivity index (χ1n) is 3.42. The van der Waals surface area contributed by atoms with E-state index in [2.05, 4.69) is 3.87 Å². The standard InChI is InChI=1S/C4H9ClO5SSi/c5-12(10-11(6,7)8)4-2-1-3-9-12/h1-4H2,(H,6,7,8). The lowest BCUT2D eigenvalue weighted by Crippen LogP contribution is -2.40. The lowest BCUT2D eigenvalue weighted by Gasteiger charge is -2.25. The Labute approximate surface area is 76.5 Å². The van der Waals surface area contributed by atoms with Gasteiger partial charge in [-0.1, -0.05) is 11.1 Å². The maximum atomic E-state index is 10.3. The van der Waals surface area contributed by atoms with Crippen molar-refractivity contribution in [3.8, 4) is 0 Å². The first-order chi connectivity index (χ1) is 5.41. The van der Waals surface area contributed by atoms with Gasteiger partial charge in [0.05, 0.1) is 0 Å². The molecule has 1 rings (SSSR count). The average molecular weight is 233 g/mol. The molecule has 0 aromatic carbocycles. The molecule has 1 aliphatic heterocycles. The minimum atomic E-state index is -4.48. The lowest BCUT2D eigenvalue weighted by atomic mass is 10.4. The van der Waals surface area contributed by atoms with Gasteiger partial charge in [0.15, 0.2) is 0 Å². The molecule has 0 aromatic heterocycles. The largest absolute Gasteiger partial charge is 0.461 e. The van der Waals surface area contributed by atoms with E-state index in [1.165, 1.54) is 0 Å². The summed E-state index contributed by atoms with van der Waals surface area (Å²) in [6, 6.07) is 0.383. The van der Waals surface area contributed by atoms with E-state index in [4.69, 9.17) is 20.1 Å². The minimum Gasteiger partial charge on any atom is -0.382 e. The molecule has 8 heteroatoms. The highest BCUT2D eigenvalue weighted by molar-refractivity contribution is 7.82. The summed E-state index contributed by atoms with van der Waals surface area (Å²) in [7, 11) is -7.62. The molecule has 1 atom stereocenters. The number of halogens is 1. The van der Waals surface area contributed by atoms with Gasteiger partial charge in [-0.15, -0.1) is 0 Å². The summed E-state index contributed by atoms with van der Waals surface area (Å²) in [5.41, 5.74) is 0. The molecule has 0 radical (unpaired) electrons. The second kappa shape index (κ2) is 3.60. The Morgan fingerprint density at radius 2 is 2.17 bits per heavy atom. The van der Waals surface area contributed by atoms with Crippen molar-refractivity contribution in [1.82, 2.24) is 0 Å². The van der Waals surface area contributed by atoms with E-state index in [1.807, 2.05) is 0 Å². The van der Waals surface area contributed by atoms with Crippen molar-refractivity contribution >= 4 is 29.3 Å². The molecule has 1 saturated heterocycles. The summed E-state index contributed by atoms with van der Waals surface area (Å²) in [4.78, 5) is 0. The van der Waals surface area contributed by atoms with E-state index in [0.29, 0.717) is 12.7 Å².